The molecule has 1 aromatic rings. The van der Waals surface area contributed by atoms with E-state index in [0.29, 0.717) is 22.6 Å². The molecule has 114 valence electrons. The van der Waals surface area contributed by atoms with E-state index in [0.717, 1.165) is 5.56 Å². The van der Waals surface area contributed by atoms with Crippen molar-refractivity contribution in [2.45, 2.75) is 26.8 Å². The molecule has 0 aromatic heterocycles. The zero-order valence-electron chi connectivity index (χ0n) is 12.8. The normalized spacial score (nSPS) is 23.2. The summed E-state index contributed by atoms with van der Waals surface area (Å²) in [6.07, 6.45) is 0. The van der Waals surface area contributed by atoms with Crippen LogP contribution in [0.1, 0.15) is 26.3 Å². The number of dihydropyridines is 1. The summed E-state index contributed by atoms with van der Waals surface area (Å²) in [7, 11) is 0. The van der Waals surface area contributed by atoms with Crippen LogP contribution in [0.2, 0.25) is 0 Å². The van der Waals surface area contributed by atoms with Crippen LogP contribution in [0.4, 0.5) is 0 Å². The summed E-state index contributed by atoms with van der Waals surface area (Å²) in [5.41, 5.74) is 2.41. The van der Waals surface area contributed by atoms with Crippen molar-refractivity contribution in [1.29, 1.82) is 0 Å². The molecule has 0 amide bonds. The van der Waals surface area contributed by atoms with Gasteiger partial charge in [-0.25, -0.2) is 4.79 Å². The summed E-state index contributed by atoms with van der Waals surface area (Å²) < 4.78 is 10.6. The van der Waals surface area contributed by atoms with Crippen molar-refractivity contribution in [3.8, 4) is 5.75 Å². The van der Waals surface area contributed by atoms with Gasteiger partial charge in [0.15, 0.2) is 0 Å². The molecule has 2 aliphatic rings. The maximum absolute atomic E-state index is 12.4. The van der Waals surface area contributed by atoms with Crippen molar-refractivity contribution in [3.05, 3.63) is 35.4 Å². The van der Waals surface area contributed by atoms with E-state index in [9.17, 15) is 9.59 Å². The van der Waals surface area contributed by atoms with Gasteiger partial charge in [0.05, 0.1) is 18.2 Å². The van der Waals surface area contributed by atoms with E-state index in [4.69, 9.17) is 9.47 Å². The number of para-hydroxylation sites is 1. The third-order valence-corrected chi connectivity index (χ3v) is 3.94. The third-order valence-electron chi connectivity index (χ3n) is 3.94. The average molecular weight is 299 g/mol. The molecular weight excluding hydrogens is 282 g/mol. The van der Waals surface area contributed by atoms with Gasteiger partial charge in [-0.05, 0) is 32.4 Å². The molecule has 0 N–H and O–H groups in total. The molecule has 2 unspecified atom stereocenters. The van der Waals surface area contributed by atoms with Gasteiger partial charge in [0.1, 0.15) is 11.7 Å². The minimum Gasteiger partial charge on any atom is -0.462 e. The third kappa shape index (κ3) is 2.13. The number of benzene rings is 1. The van der Waals surface area contributed by atoms with Gasteiger partial charge >= 0.3 is 11.9 Å². The Bertz CT molecular complexity index is 717. The van der Waals surface area contributed by atoms with Gasteiger partial charge in [-0.15, -0.1) is 0 Å². The first kappa shape index (κ1) is 14.5. The van der Waals surface area contributed by atoms with Crippen LogP contribution in [0.25, 0.3) is 5.57 Å². The first-order chi connectivity index (χ1) is 10.5. The van der Waals surface area contributed by atoms with E-state index < -0.39 is 11.9 Å². The second kappa shape index (κ2) is 5.40. The quantitative estimate of drug-likeness (QED) is 0.621. The first-order valence-electron chi connectivity index (χ1n) is 7.31. The van der Waals surface area contributed by atoms with Crippen molar-refractivity contribution in [3.63, 3.8) is 0 Å². The maximum Gasteiger partial charge on any atom is 0.340 e. The van der Waals surface area contributed by atoms with E-state index in [1.807, 2.05) is 19.1 Å². The summed E-state index contributed by atoms with van der Waals surface area (Å²) in [4.78, 5) is 29.2. The molecule has 0 radical (unpaired) electrons. The highest BCUT2D eigenvalue weighted by Gasteiger charge is 2.43. The smallest absolute Gasteiger partial charge is 0.340 e. The van der Waals surface area contributed by atoms with Crippen LogP contribution in [0.3, 0.4) is 0 Å². The summed E-state index contributed by atoms with van der Waals surface area (Å²) >= 11 is 0. The average Bonchev–Trinajstić information content (AvgIpc) is 2.46. The molecule has 5 nitrogen and oxygen atoms in total. The van der Waals surface area contributed by atoms with Crippen LogP contribution in [0.5, 0.6) is 5.75 Å². The van der Waals surface area contributed by atoms with Crippen LogP contribution in [0, 0.1) is 5.92 Å². The second-order valence-corrected chi connectivity index (χ2v) is 5.36. The fraction of sp³-hybridized carbons (Fsp3) is 0.353. The van der Waals surface area contributed by atoms with Crippen molar-refractivity contribution in [2.75, 3.05) is 6.61 Å². The number of fused-ring (bicyclic) bond motifs is 3. The number of carbonyl (C=O) groups is 2. The lowest BCUT2D eigenvalue weighted by atomic mass is 9.79. The van der Waals surface area contributed by atoms with Gasteiger partial charge in [-0.3, -0.25) is 9.79 Å². The minimum absolute atomic E-state index is 0.269. The molecule has 0 aliphatic carbocycles. The maximum atomic E-state index is 12.4. The number of hydrogen-bond donors (Lipinski definition) is 0. The molecule has 2 aliphatic heterocycles. The number of ether oxygens (including phenoxy) is 2. The first-order valence-corrected chi connectivity index (χ1v) is 7.31. The zero-order chi connectivity index (χ0) is 15.9. The Hall–Kier alpha value is -2.43. The number of esters is 2. The predicted octanol–water partition coefficient (Wildman–Crippen LogP) is 2.40. The molecule has 0 saturated heterocycles. The summed E-state index contributed by atoms with van der Waals surface area (Å²) in [6.45, 7) is 5.65. The van der Waals surface area contributed by atoms with E-state index in [1.54, 1.807) is 26.0 Å². The van der Waals surface area contributed by atoms with Gasteiger partial charge in [0.25, 0.3) is 0 Å². The Balaban J connectivity index is 2.27. The molecular formula is C17H17NO4. The molecule has 1 aromatic carbocycles. The summed E-state index contributed by atoms with van der Waals surface area (Å²) in [5.74, 6) is -0.917. The van der Waals surface area contributed by atoms with Gasteiger partial charge < -0.3 is 9.47 Å². The molecule has 0 saturated carbocycles. The Morgan fingerprint density at radius 1 is 1.36 bits per heavy atom. The van der Waals surface area contributed by atoms with E-state index in [2.05, 4.69) is 4.99 Å². The minimum atomic E-state index is -0.571. The molecule has 0 bridgehead atoms. The Morgan fingerprint density at radius 2 is 2.09 bits per heavy atom. The Kier molecular flexibility index (Phi) is 3.56. The molecule has 0 fully saturated rings. The van der Waals surface area contributed by atoms with Crippen molar-refractivity contribution < 1.29 is 19.1 Å². The van der Waals surface area contributed by atoms with Gasteiger partial charge in [-0.2, -0.15) is 0 Å². The predicted molar refractivity (Wildman–Crippen MR) is 81.7 cm³/mol. The largest absolute Gasteiger partial charge is 0.462 e. The van der Waals surface area contributed by atoms with Gasteiger partial charge in [-0.1, -0.05) is 18.2 Å². The summed E-state index contributed by atoms with van der Waals surface area (Å²) in [5, 5.41) is 0. The molecule has 2 heterocycles. The number of nitrogens with zero attached hydrogens (tertiary/aromatic N) is 1. The lowest BCUT2D eigenvalue weighted by Gasteiger charge is -2.33. The van der Waals surface area contributed by atoms with Crippen molar-refractivity contribution in [2.24, 2.45) is 10.9 Å². The monoisotopic (exact) mass is 299 g/mol. The van der Waals surface area contributed by atoms with Crippen molar-refractivity contribution in [1.82, 2.24) is 0 Å². The van der Waals surface area contributed by atoms with Crippen LogP contribution < -0.4 is 4.74 Å². The molecule has 22 heavy (non-hydrogen) atoms. The Labute approximate surface area is 128 Å². The lowest BCUT2D eigenvalue weighted by Crippen LogP contribution is -2.39. The Morgan fingerprint density at radius 3 is 2.82 bits per heavy atom. The van der Waals surface area contributed by atoms with Gasteiger partial charge in [0.2, 0.25) is 0 Å². The highest BCUT2D eigenvalue weighted by Crippen LogP contribution is 2.43. The summed E-state index contributed by atoms with van der Waals surface area (Å²) in [6, 6.07) is 6.97. The van der Waals surface area contributed by atoms with Gasteiger partial charge in [0, 0.05) is 11.3 Å². The lowest BCUT2D eigenvalue weighted by molar-refractivity contribution is -0.138. The number of rotatable bonds is 2. The highest BCUT2D eigenvalue weighted by atomic mass is 16.5. The van der Waals surface area contributed by atoms with E-state index in [-0.39, 0.29) is 18.6 Å². The van der Waals surface area contributed by atoms with Crippen LogP contribution in [0.15, 0.2) is 34.8 Å². The van der Waals surface area contributed by atoms with Crippen LogP contribution in [-0.2, 0) is 14.3 Å². The molecule has 0 spiro atoms. The molecule has 2 atom stereocenters. The van der Waals surface area contributed by atoms with E-state index >= 15 is 0 Å². The SMILES string of the molecule is CCOC(=O)C1=C2c3ccccc3OC(=O)C2C(C)N=C1C. The molecule has 5 heteroatoms. The fourth-order valence-corrected chi connectivity index (χ4v) is 3.06. The number of carbonyl (C=O) groups excluding carboxylic acids is 2. The topological polar surface area (TPSA) is 65.0 Å². The number of hydrogen-bond acceptors (Lipinski definition) is 5. The highest BCUT2D eigenvalue weighted by molar-refractivity contribution is 6.27. The standard InChI is InChI=1S/C17H17NO4/c1-4-21-16(19)13-9(2)18-10(3)14-15(13)11-7-5-6-8-12(11)22-17(14)20/h5-8,10,14H,4H2,1-3H3. The zero-order valence-corrected chi connectivity index (χ0v) is 12.8. The number of aliphatic imine (C=N–C) groups is 1. The molecule has 3 rings (SSSR count). The fourth-order valence-electron chi connectivity index (χ4n) is 3.06. The second-order valence-electron chi connectivity index (χ2n) is 5.36. The van der Waals surface area contributed by atoms with Crippen molar-refractivity contribution >= 4 is 23.2 Å². The van der Waals surface area contributed by atoms with Crippen LogP contribution >= 0.6 is 0 Å². The van der Waals surface area contributed by atoms with Crippen LogP contribution in [-0.4, -0.2) is 30.3 Å². The van der Waals surface area contributed by atoms with E-state index in [1.165, 1.54) is 0 Å².